The number of benzene rings is 1. The molecule has 1 aliphatic heterocycles. The second-order valence-corrected chi connectivity index (χ2v) is 5.70. The van der Waals surface area contributed by atoms with Gasteiger partial charge in [0.2, 0.25) is 5.91 Å². The van der Waals surface area contributed by atoms with Crippen LogP contribution >= 0.6 is 24.0 Å². The van der Waals surface area contributed by atoms with Gasteiger partial charge in [0.25, 0.3) is 0 Å². The minimum absolute atomic E-state index is 0. The largest absolute Gasteiger partial charge is 0.377 e. The molecule has 1 aromatic carbocycles. The van der Waals surface area contributed by atoms with E-state index in [0.29, 0.717) is 31.2 Å². The van der Waals surface area contributed by atoms with Crippen LogP contribution in [0.1, 0.15) is 24.4 Å². The molecular weight excluding hydrogens is 335 g/mol. The van der Waals surface area contributed by atoms with E-state index in [4.69, 9.17) is 16.3 Å². The first kappa shape index (κ1) is 20.0. The molecule has 1 heterocycles. The summed E-state index contributed by atoms with van der Waals surface area (Å²) in [5.41, 5.74) is 1.01. The van der Waals surface area contributed by atoms with Gasteiger partial charge in [0, 0.05) is 37.7 Å². The molecule has 128 valence electrons. The van der Waals surface area contributed by atoms with Gasteiger partial charge in [-0.05, 0) is 18.1 Å². The summed E-state index contributed by atoms with van der Waals surface area (Å²) in [5, 5.41) is 4.05. The number of amides is 1. The number of hydrogen-bond acceptors (Lipinski definition) is 3. The summed E-state index contributed by atoms with van der Waals surface area (Å²) in [5.74, 6) is 0.161. The van der Waals surface area contributed by atoms with Crippen molar-refractivity contribution in [2.75, 3.05) is 32.8 Å². The summed E-state index contributed by atoms with van der Waals surface area (Å²) in [7, 11) is 0. The molecule has 1 unspecified atom stereocenters. The first-order chi connectivity index (χ1) is 10.7. The maximum Gasteiger partial charge on any atom is 0.223 e. The Morgan fingerprint density at radius 3 is 3.00 bits per heavy atom. The Labute approximate surface area is 149 Å². The third-order valence-corrected chi connectivity index (χ3v) is 4.09. The van der Waals surface area contributed by atoms with Crippen LogP contribution in [0, 0.1) is 0 Å². The van der Waals surface area contributed by atoms with Gasteiger partial charge in [0.1, 0.15) is 0 Å². The zero-order valence-electron chi connectivity index (χ0n) is 13.2. The summed E-state index contributed by atoms with van der Waals surface area (Å²) < 4.78 is 5.33. The Morgan fingerprint density at radius 2 is 2.26 bits per heavy atom. The Balaban J connectivity index is 0.00000264. The maximum atomic E-state index is 12.5. The van der Waals surface area contributed by atoms with E-state index in [1.54, 1.807) is 6.08 Å². The lowest BCUT2D eigenvalue weighted by molar-refractivity contribution is -0.134. The summed E-state index contributed by atoms with van der Waals surface area (Å²) in [4.78, 5) is 14.4. The Kier molecular flexibility index (Phi) is 9.26. The molecular formula is C17H24Cl2N2O2. The molecule has 4 nitrogen and oxygen atoms in total. The van der Waals surface area contributed by atoms with E-state index in [1.165, 1.54) is 0 Å². The van der Waals surface area contributed by atoms with Crippen molar-refractivity contribution < 1.29 is 9.53 Å². The molecule has 1 aromatic rings. The highest BCUT2D eigenvalue weighted by Crippen LogP contribution is 2.28. The third-order valence-electron chi connectivity index (χ3n) is 3.74. The highest BCUT2D eigenvalue weighted by atomic mass is 35.5. The average molecular weight is 359 g/mol. The fourth-order valence-electron chi connectivity index (χ4n) is 2.66. The molecule has 0 bridgehead atoms. The first-order valence-corrected chi connectivity index (χ1v) is 8.05. The number of carbonyl (C=O) groups excluding carboxylic acids is 1. The Morgan fingerprint density at radius 1 is 1.48 bits per heavy atom. The van der Waals surface area contributed by atoms with Gasteiger partial charge in [-0.15, -0.1) is 19.0 Å². The minimum Gasteiger partial charge on any atom is -0.377 e. The molecule has 0 spiro atoms. The SMILES string of the molecule is C=CCOCCCC(=O)N1CCNCC1c1ccccc1Cl.Cl. The van der Waals surface area contributed by atoms with Gasteiger partial charge in [0.05, 0.1) is 12.6 Å². The molecule has 23 heavy (non-hydrogen) atoms. The number of halogens is 2. The number of piperazine rings is 1. The molecule has 0 radical (unpaired) electrons. The number of carbonyl (C=O) groups is 1. The molecule has 1 saturated heterocycles. The van der Waals surface area contributed by atoms with E-state index in [1.807, 2.05) is 29.2 Å². The van der Waals surface area contributed by atoms with Crippen molar-refractivity contribution in [1.29, 1.82) is 0 Å². The Hall–Kier alpha value is -1.07. The monoisotopic (exact) mass is 358 g/mol. The highest BCUT2D eigenvalue weighted by Gasteiger charge is 2.28. The molecule has 2 rings (SSSR count). The molecule has 1 fully saturated rings. The van der Waals surface area contributed by atoms with Crippen LogP contribution in [0.5, 0.6) is 0 Å². The van der Waals surface area contributed by atoms with Crippen LogP contribution in [0.2, 0.25) is 5.02 Å². The number of ether oxygens (including phenoxy) is 1. The van der Waals surface area contributed by atoms with E-state index >= 15 is 0 Å². The van der Waals surface area contributed by atoms with Crippen LogP contribution < -0.4 is 5.32 Å². The lowest BCUT2D eigenvalue weighted by atomic mass is 10.0. The van der Waals surface area contributed by atoms with E-state index in [2.05, 4.69) is 11.9 Å². The number of nitrogens with one attached hydrogen (secondary N) is 1. The van der Waals surface area contributed by atoms with Crippen LogP contribution in [0.4, 0.5) is 0 Å². The molecule has 0 aliphatic carbocycles. The minimum atomic E-state index is 0. The Bertz CT molecular complexity index is 511. The van der Waals surface area contributed by atoms with Gasteiger partial charge in [-0.1, -0.05) is 35.9 Å². The van der Waals surface area contributed by atoms with E-state index in [-0.39, 0.29) is 24.4 Å². The standard InChI is InChI=1S/C17H23ClN2O2.ClH/c1-2-11-22-12-5-8-17(21)20-10-9-19-13-16(20)14-6-3-4-7-15(14)18;/h2-4,6-7,16,19H,1,5,8-13H2;1H. The fraction of sp³-hybridized carbons (Fsp3) is 0.471. The van der Waals surface area contributed by atoms with Crippen molar-refractivity contribution in [3.05, 3.63) is 47.5 Å². The van der Waals surface area contributed by atoms with Crippen LogP contribution in [0.15, 0.2) is 36.9 Å². The number of hydrogen-bond donors (Lipinski definition) is 1. The fourth-order valence-corrected chi connectivity index (χ4v) is 2.92. The highest BCUT2D eigenvalue weighted by molar-refractivity contribution is 6.31. The van der Waals surface area contributed by atoms with Crippen molar-refractivity contribution in [3.8, 4) is 0 Å². The topological polar surface area (TPSA) is 41.6 Å². The summed E-state index contributed by atoms with van der Waals surface area (Å²) >= 11 is 6.29. The molecule has 1 N–H and O–H groups in total. The summed E-state index contributed by atoms with van der Waals surface area (Å²) in [6, 6.07) is 7.74. The molecule has 1 amide bonds. The molecule has 6 heteroatoms. The van der Waals surface area contributed by atoms with Gasteiger partial charge < -0.3 is 15.0 Å². The van der Waals surface area contributed by atoms with E-state index in [0.717, 1.165) is 25.1 Å². The van der Waals surface area contributed by atoms with E-state index in [9.17, 15) is 4.79 Å². The quantitative estimate of drug-likeness (QED) is 0.600. The van der Waals surface area contributed by atoms with Crippen LogP contribution in [-0.2, 0) is 9.53 Å². The van der Waals surface area contributed by atoms with Crippen molar-refractivity contribution in [2.45, 2.75) is 18.9 Å². The van der Waals surface area contributed by atoms with Crippen molar-refractivity contribution >= 4 is 29.9 Å². The van der Waals surface area contributed by atoms with Gasteiger partial charge in [-0.25, -0.2) is 0 Å². The molecule has 1 atom stereocenters. The lowest BCUT2D eigenvalue weighted by Crippen LogP contribution is -2.48. The molecule has 0 saturated carbocycles. The van der Waals surface area contributed by atoms with Crippen molar-refractivity contribution in [3.63, 3.8) is 0 Å². The van der Waals surface area contributed by atoms with Gasteiger partial charge in [0.15, 0.2) is 0 Å². The van der Waals surface area contributed by atoms with Gasteiger partial charge in [-0.3, -0.25) is 4.79 Å². The second kappa shape index (κ2) is 10.7. The maximum absolute atomic E-state index is 12.5. The smallest absolute Gasteiger partial charge is 0.223 e. The van der Waals surface area contributed by atoms with Crippen LogP contribution in [-0.4, -0.2) is 43.7 Å². The van der Waals surface area contributed by atoms with E-state index < -0.39 is 0 Å². The summed E-state index contributed by atoms with van der Waals surface area (Å²) in [6.45, 7) is 6.98. The van der Waals surface area contributed by atoms with Crippen LogP contribution in [0.25, 0.3) is 0 Å². The summed E-state index contributed by atoms with van der Waals surface area (Å²) in [6.07, 6.45) is 2.94. The number of nitrogens with zero attached hydrogens (tertiary/aromatic N) is 1. The second-order valence-electron chi connectivity index (χ2n) is 5.30. The zero-order chi connectivity index (χ0) is 15.8. The normalized spacial score (nSPS) is 17.4. The number of rotatable bonds is 7. The van der Waals surface area contributed by atoms with Crippen molar-refractivity contribution in [1.82, 2.24) is 10.2 Å². The average Bonchev–Trinajstić information content (AvgIpc) is 2.55. The third kappa shape index (κ3) is 5.81. The van der Waals surface area contributed by atoms with Gasteiger partial charge in [-0.2, -0.15) is 0 Å². The zero-order valence-corrected chi connectivity index (χ0v) is 14.7. The van der Waals surface area contributed by atoms with Crippen molar-refractivity contribution in [2.24, 2.45) is 0 Å². The van der Waals surface area contributed by atoms with Crippen LogP contribution in [0.3, 0.4) is 0 Å². The lowest BCUT2D eigenvalue weighted by Gasteiger charge is -2.37. The predicted molar refractivity (Wildman–Crippen MR) is 96.3 cm³/mol. The predicted octanol–water partition coefficient (Wildman–Crippen LogP) is 3.22. The first-order valence-electron chi connectivity index (χ1n) is 7.67. The molecule has 1 aliphatic rings. The van der Waals surface area contributed by atoms with Gasteiger partial charge >= 0.3 is 0 Å². The molecule has 0 aromatic heterocycles.